The Morgan fingerprint density at radius 3 is 2.38 bits per heavy atom. The lowest BCUT2D eigenvalue weighted by atomic mass is 9.61. The van der Waals surface area contributed by atoms with E-state index in [0.29, 0.717) is 17.8 Å². The van der Waals surface area contributed by atoms with Gasteiger partial charge in [0.2, 0.25) is 0 Å². The topological polar surface area (TPSA) is 20.2 Å². The van der Waals surface area contributed by atoms with Crippen LogP contribution in [0.4, 0.5) is 0 Å². The van der Waals surface area contributed by atoms with Crippen LogP contribution in [0.5, 0.6) is 0 Å². The maximum absolute atomic E-state index is 10.3. The molecule has 0 radical (unpaired) electrons. The maximum atomic E-state index is 10.3. The van der Waals surface area contributed by atoms with E-state index in [0.717, 1.165) is 37.5 Å². The first-order valence-electron chi connectivity index (χ1n) is 13.6. The summed E-state index contributed by atoms with van der Waals surface area (Å²) in [5.74, 6) is 3.46. The average Bonchev–Trinajstić information content (AvgIpc) is 3.62. The second-order valence-electron chi connectivity index (χ2n) is 10.7. The molecule has 178 valence electrons. The lowest BCUT2D eigenvalue weighted by molar-refractivity contribution is 0.147. The molecule has 1 N–H and O–H groups in total. The van der Waals surface area contributed by atoms with Crippen molar-refractivity contribution in [2.75, 3.05) is 0 Å². The Balaban J connectivity index is 1.66. The van der Waals surface area contributed by atoms with Crippen LogP contribution in [0.1, 0.15) is 120 Å². The zero-order valence-electron chi connectivity index (χ0n) is 20.9. The van der Waals surface area contributed by atoms with Gasteiger partial charge in [-0.3, -0.25) is 0 Å². The Labute approximate surface area is 198 Å². The molecular formula is C31H48O. The van der Waals surface area contributed by atoms with Gasteiger partial charge in [0.15, 0.2) is 0 Å². The fourth-order valence-electron chi connectivity index (χ4n) is 5.96. The molecule has 3 rings (SSSR count). The van der Waals surface area contributed by atoms with Crippen molar-refractivity contribution >= 4 is 0 Å². The summed E-state index contributed by atoms with van der Waals surface area (Å²) in [7, 11) is 0. The normalized spacial score (nSPS) is 23.2. The van der Waals surface area contributed by atoms with Gasteiger partial charge in [0, 0.05) is 0 Å². The fourth-order valence-corrected chi connectivity index (χ4v) is 5.96. The van der Waals surface area contributed by atoms with E-state index < -0.39 is 0 Å². The third-order valence-electron chi connectivity index (χ3n) is 8.39. The number of unbranched alkanes of at least 4 members (excludes halogenated alkanes) is 3. The zero-order valence-corrected chi connectivity index (χ0v) is 20.9. The van der Waals surface area contributed by atoms with Crippen LogP contribution in [-0.4, -0.2) is 11.2 Å². The van der Waals surface area contributed by atoms with Gasteiger partial charge in [0.25, 0.3) is 0 Å². The van der Waals surface area contributed by atoms with Gasteiger partial charge >= 0.3 is 0 Å². The molecule has 2 fully saturated rings. The van der Waals surface area contributed by atoms with Crippen molar-refractivity contribution in [1.29, 1.82) is 0 Å². The van der Waals surface area contributed by atoms with Crippen LogP contribution in [0.25, 0.3) is 0 Å². The summed E-state index contributed by atoms with van der Waals surface area (Å²) in [5, 5.41) is 10.3. The van der Waals surface area contributed by atoms with Gasteiger partial charge in [-0.2, -0.15) is 0 Å². The molecule has 1 heteroatoms. The van der Waals surface area contributed by atoms with Crippen LogP contribution in [-0.2, 0) is 0 Å². The van der Waals surface area contributed by atoms with Gasteiger partial charge in [-0.15, -0.1) is 6.58 Å². The Hall–Kier alpha value is -1.34. The molecule has 1 aromatic rings. The monoisotopic (exact) mass is 436 g/mol. The Morgan fingerprint density at radius 2 is 1.81 bits per heavy atom. The molecular weight excluding hydrogens is 388 g/mol. The number of benzene rings is 1. The molecule has 0 amide bonds. The number of rotatable bonds is 16. The third kappa shape index (κ3) is 6.83. The lowest BCUT2D eigenvalue weighted by Gasteiger charge is -2.43. The predicted octanol–water partition coefficient (Wildman–Crippen LogP) is 8.94. The maximum Gasteiger partial charge on any atom is 0.0543 e. The lowest BCUT2D eigenvalue weighted by Crippen LogP contribution is -2.32. The molecule has 2 aliphatic rings. The third-order valence-corrected chi connectivity index (χ3v) is 8.39. The Morgan fingerprint density at radius 1 is 1.06 bits per heavy atom. The smallest absolute Gasteiger partial charge is 0.0543 e. The molecule has 2 aliphatic carbocycles. The van der Waals surface area contributed by atoms with Crippen molar-refractivity contribution in [3.05, 3.63) is 60.2 Å². The van der Waals surface area contributed by atoms with E-state index in [1.54, 1.807) is 0 Å². The molecule has 0 bridgehead atoms. The van der Waals surface area contributed by atoms with E-state index in [-0.39, 0.29) is 6.10 Å². The van der Waals surface area contributed by atoms with Crippen LogP contribution in [0.3, 0.4) is 0 Å². The van der Waals surface area contributed by atoms with E-state index in [2.05, 4.69) is 51.3 Å². The molecule has 0 saturated heterocycles. The largest absolute Gasteiger partial charge is 0.393 e. The number of aliphatic hydroxyl groups is 1. The molecule has 0 aromatic heterocycles. The molecule has 1 aromatic carbocycles. The summed E-state index contributed by atoms with van der Waals surface area (Å²) in [5.41, 5.74) is 4.45. The first-order valence-corrected chi connectivity index (χ1v) is 13.6. The summed E-state index contributed by atoms with van der Waals surface area (Å²) in [6, 6.07) is 9.61. The van der Waals surface area contributed by atoms with Crippen LogP contribution in [0.2, 0.25) is 0 Å². The molecule has 0 heterocycles. The standard InChI is InChI=1S/C31H48O/c1-5-8-10-11-13-28(23(4)12-9-6-2)30-21-20-29(30)24-14-16-25(17-15-24)31(26-18-19-26)22-27(32)7-3/h6,14-17,26-32H,2,4-5,7-13,18-22H2,1,3H3/t27?,28?,29-,30?,31?/m1/s1. The second kappa shape index (κ2) is 12.8. The molecule has 4 unspecified atom stereocenters. The number of aliphatic hydroxyl groups excluding tert-OH is 1. The first kappa shape index (κ1) is 25.3. The highest BCUT2D eigenvalue weighted by atomic mass is 16.3. The summed E-state index contributed by atoms with van der Waals surface area (Å²) in [6.07, 6.45) is 17.9. The van der Waals surface area contributed by atoms with E-state index in [1.165, 1.54) is 74.5 Å². The van der Waals surface area contributed by atoms with Gasteiger partial charge in [0.05, 0.1) is 6.10 Å². The van der Waals surface area contributed by atoms with Crippen molar-refractivity contribution in [2.24, 2.45) is 17.8 Å². The van der Waals surface area contributed by atoms with Crippen molar-refractivity contribution in [1.82, 2.24) is 0 Å². The quantitative estimate of drug-likeness (QED) is 0.202. The highest BCUT2D eigenvalue weighted by Crippen LogP contribution is 2.51. The zero-order chi connectivity index (χ0) is 22.9. The van der Waals surface area contributed by atoms with Gasteiger partial charge in [-0.25, -0.2) is 0 Å². The number of allylic oxidation sites excluding steroid dienone is 2. The van der Waals surface area contributed by atoms with Crippen molar-refractivity contribution in [3.63, 3.8) is 0 Å². The summed E-state index contributed by atoms with van der Waals surface area (Å²) in [6.45, 7) is 12.9. The van der Waals surface area contributed by atoms with E-state index in [9.17, 15) is 5.11 Å². The van der Waals surface area contributed by atoms with Crippen LogP contribution < -0.4 is 0 Å². The predicted molar refractivity (Wildman–Crippen MR) is 139 cm³/mol. The molecule has 1 nitrogen and oxygen atoms in total. The summed E-state index contributed by atoms with van der Waals surface area (Å²) < 4.78 is 0. The van der Waals surface area contributed by atoms with Crippen LogP contribution in [0.15, 0.2) is 49.1 Å². The van der Waals surface area contributed by atoms with E-state index in [4.69, 9.17) is 0 Å². The summed E-state index contributed by atoms with van der Waals surface area (Å²) in [4.78, 5) is 0. The first-order chi connectivity index (χ1) is 15.6. The molecule has 0 aliphatic heterocycles. The molecule has 0 spiro atoms. The highest BCUT2D eigenvalue weighted by molar-refractivity contribution is 5.31. The Bertz CT molecular complexity index is 698. The van der Waals surface area contributed by atoms with Crippen molar-refractivity contribution in [2.45, 2.75) is 115 Å². The van der Waals surface area contributed by atoms with E-state index >= 15 is 0 Å². The summed E-state index contributed by atoms with van der Waals surface area (Å²) >= 11 is 0. The van der Waals surface area contributed by atoms with Gasteiger partial charge < -0.3 is 5.11 Å². The number of hydrogen-bond acceptors (Lipinski definition) is 1. The fraction of sp³-hybridized carbons (Fsp3) is 0.677. The van der Waals surface area contributed by atoms with Crippen LogP contribution >= 0.6 is 0 Å². The van der Waals surface area contributed by atoms with Gasteiger partial charge in [0.1, 0.15) is 0 Å². The van der Waals surface area contributed by atoms with Crippen molar-refractivity contribution in [3.8, 4) is 0 Å². The SMILES string of the molecule is C=CCCC(=C)C(CCCCCC)C1CC[C@@H]1c1ccc(C(CC(O)CC)C2CC2)cc1. The van der Waals surface area contributed by atoms with Crippen molar-refractivity contribution < 1.29 is 5.11 Å². The minimum Gasteiger partial charge on any atom is -0.393 e. The van der Waals surface area contributed by atoms with Gasteiger partial charge in [-0.05, 0) is 98.5 Å². The highest BCUT2D eigenvalue weighted by Gasteiger charge is 2.39. The molecule has 2 saturated carbocycles. The average molecular weight is 437 g/mol. The number of hydrogen-bond donors (Lipinski definition) is 1. The molecule has 5 atom stereocenters. The Kier molecular flexibility index (Phi) is 10.1. The van der Waals surface area contributed by atoms with Gasteiger partial charge in [-0.1, -0.05) is 82.0 Å². The van der Waals surface area contributed by atoms with E-state index in [1.807, 2.05) is 6.08 Å². The minimum absolute atomic E-state index is 0.161. The minimum atomic E-state index is -0.161. The van der Waals surface area contributed by atoms with Crippen LogP contribution in [0, 0.1) is 17.8 Å². The second-order valence-corrected chi connectivity index (χ2v) is 10.7. The molecule has 32 heavy (non-hydrogen) atoms.